The molecule has 0 heterocycles. The van der Waals surface area contributed by atoms with Gasteiger partial charge in [0.05, 0.1) is 0 Å². The Morgan fingerprint density at radius 2 is 1.81 bits per heavy atom. The van der Waals surface area contributed by atoms with E-state index in [1.807, 2.05) is 0 Å². The van der Waals surface area contributed by atoms with Crippen LogP contribution in [0.3, 0.4) is 0 Å². The van der Waals surface area contributed by atoms with E-state index in [1.54, 1.807) is 12.1 Å². The first kappa shape index (κ1) is 17.8. The van der Waals surface area contributed by atoms with Gasteiger partial charge in [-0.3, -0.25) is 0 Å². The van der Waals surface area contributed by atoms with Gasteiger partial charge in [0.25, 0.3) is 0 Å². The van der Waals surface area contributed by atoms with E-state index in [4.69, 9.17) is 5.73 Å². The molecule has 120 valence electrons. The van der Waals surface area contributed by atoms with Gasteiger partial charge in [-0.25, -0.2) is 0 Å². The predicted octanol–water partition coefficient (Wildman–Crippen LogP) is 2.22. The highest BCUT2D eigenvalue weighted by atomic mass is 19.3. The highest BCUT2D eigenvalue weighted by Gasteiger charge is 2.10. The first-order valence-corrected chi connectivity index (χ1v) is 7.31. The average molecular weight is 301 g/mol. The number of rotatable bonds is 10. The van der Waals surface area contributed by atoms with E-state index in [0.717, 1.165) is 31.7 Å². The van der Waals surface area contributed by atoms with Crippen LogP contribution in [0.15, 0.2) is 24.3 Å². The van der Waals surface area contributed by atoms with Crippen molar-refractivity contribution in [3.63, 3.8) is 0 Å². The van der Waals surface area contributed by atoms with Gasteiger partial charge < -0.3 is 20.7 Å². The number of alkyl halides is 2. The molecule has 0 spiro atoms. The third-order valence-electron chi connectivity index (χ3n) is 3.46. The molecule has 1 atom stereocenters. The van der Waals surface area contributed by atoms with Gasteiger partial charge in [-0.15, -0.1) is 0 Å². The molecule has 0 radical (unpaired) electrons. The normalized spacial score (nSPS) is 12.9. The lowest BCUT2D eigenvalue weighted by atomic mass is 10.1. The Morgan fingerprint density at radius 1 is 1.19 bits per heavy atom. The van der Waals surface area contributed by atoms with Crippen LogP contribution in [0.2, 0.25) is 0 Å². The lowest BCUT2D eigenvalue weighted by Crippen LogP contribution is -2.36. The summed E-state index contributed by atoms with van der Waals surface area (Å²) in [5.74, 6) is 0.160. The number of nitrogens with two attached hydrogens (primary N) is 1. The van der Waals surface area contributed by atoms with Crippen LogP contribution in [0, 0.1) is 0 Å². The quantitative estimate of drug-likeness (QED) is 0.696. The fourth-order valence-electron chi connectivity index (χ4n) is 2.16. The van der Waals surface area contributed by atoms with Gasteiger partial charge in [-0.1, -0.05) is 26.0 Å². The average Bonchev–Trinajstić information content (AvgIpc) is 2.48. The second-order valence-electron chi connectivity index (χ2n) is 4.72. The molecule has 0 saturated carbocycles. The summed E-state index contributed by atoms with van der Waals surface area (Å²) in [6, 6.07) is 6.62. The summed E-state index contributed by atoms with van der Waals surface area (Å²) >= 11 is 0. The van der Waals surface area contributed by atoms with Crippen molar-refractivity contribution < 1.29 is 13.5 Å². The van der Waals surface area contributed by atoms with Crippen LogP contribution in [0.4, 0.5) is 8.78 Å². The minimum Gasteiger partial charge on any atom is -0.435 e. The Morgan fingerprint density at radius 3 is 2.29 bits per heavy atom. The maximum Gasteiger partial charge on any atom is 0.387 e. The van der Waals surface area contributed by atoms with Crippen LogP contribution in [0.1, 0.15) is 25.5 Å². The zero-order valence-electron chi connectivity index (χ0n) is 12.7. The van der Waals surface area contributed by atoms with Crippen molar-refractivity contribution in [3.8, 4) is 5.75 Å². The van der Waals surface area contributed by atoms with Crippen molar-refractivity contribution in [1.82, 2.24) is 10.2 Å². The van der Waals surface area contributed by atoms with Gasteiger partial charge in [0.1, 0.15) is 5.75 Å². The third-order valence-corrected chi connectivity index (χ3v) is 3.46. The highest BCUT2D eigenvalue weighted by Crippen LogP contribution is 2.18. The molecule has 0 aliphatic rings. The summed E-state index contributed by atoms with van der Waals surface area (Å²) in [6.07, 6.45) is 0. The van der Waals surface area contributed by atoms with E-state index in [9.17, 15) is 8.78 Å². The summed E-state index contributed by atoms with van der Waals surface area (Å²) in [4.78, 5) is 2.32. The van der Waals surface area contributed by atoms with Gasteiger partial charge in [-0.2, -0.15) is 8.78 Å². The first-order chi connectivity index (χ1) is 10.1. The topological polar surface area (TPSA) is 50.5 Å². The maximum absolute atomic E-state index is 12.1. The number of hydrogen-bond donors (Lipinski definition) is 2. The Kier molecular flexibility index (Phi) is 8.19. The van der Waals surface area contributed by atoms with Crippen molar-refractivity contribution in [3.05, 3.63) is 29.8 Å². The molecular weight excluding hydrogens is 276 g/mol. The molecule has 0 fully saturated rings. The van der Waals surface area contributed by atoms with Crippen LogP contribution in [0.25, 0.3) is 0 Å². The van der Waals surface area contributed by atoms with Crippen LogP contribution in [-0.4, -0.2) is 44.2 Å². The molecule has 3 N–H and O–H groups in total. The summed E-state index contributed by atoms with van der Waals surface area (Å²) in [7, 11) is 0. The zero-order chi connectivity index (χ0) is 15.7. The fraction of sp³-hybridized carbons (Fsp3) is 0.600. The molecule has 0 aromatic heterocycles. The van der Waals surface area contributed by atoms with Crippen LogP contribution in [0.5, 0.6) is 5.75 Å². The van der Waals surface area contributed by atoms with E-state index in [1.165, 1.54) is 12.1 Å². The van der Waals surface area contributed by atoms with Crippen molar-refractivity contribution in [2.45, 2.75) is 26.5 Å². The second-order valence-corrected chi connectivity index (χ2v) is 4.72. The molecule has 0 bridgehead atoms. The molecule has 21 heavy (non-hydrogen) atoms. The van der Waals surface area contributed by atoms with E-state index in [-0.39, 0.29) is 11.8 Å². The minimum atomic E-state index is -2.80. The Balaban J connectivity index is 2.51. The monoisotopic (exact) mass is 301 g/mol. The van der Waals surface area contributed by atoms with E-state index in [2.05, 4.69) is 28.8 Å². The molecule has 4 nitrogen and oxygen atoms in total. The number of nitrogens with zero attached hydrogens (tertiary/aromatic N) is 1. The molecule has 6 heteroatoms. The Bertz CT molecular complexity index is 383. The predicted molar refractivity (Wildman–Crippen MR) is 80.7 cm³/mol. The van der Waals surface area contributed by atoms with Gasteiger partial charge >= 0.3 is 6.61 Å². The zero-order valence-corrected chi connectivity index (χ0v) is 12.7. The number of nitrogens with one attached hydrogen (secondary N) is 1. The Labute approximate surface area is 125 Å². The molecule has 0 aliphatic carbocycles. The molecule has 1 aromatic carbocycles. The molecule has 1 aromatic rings. The van der Waals surface area contributed by atoms with Gasteiger partial charge in [0.15, 0.2) is 0 Å². The van der Waals surface area contributed by atoms with E-state index >= 15 is 0 Å². The lowest BCUT2D eigenvalue weighted by Gasteiger charge is -2.22. The Hall–Kier alpha value is -1.24. The van der Waals surface area contributed by atoms with Crippen LogP contribution in [-0.2, 0) is 0 Å². The summed E-state index contributed by atoms with van der Waals surface area (Å²) in [6.45, 7) is 5.74. The number of halogens is 2. The fourth-order valence-corrected chi connectivity index (χ4v) is 2.16. The molecular formula is C15H25F2N3O. The lowest BCUT2D eigenvalue weighted by molar-refractivity contribution is -0.0498. The molecule has 0 aliphatic heterocycles. The SMILES string of the molecule is CCN(CC)CCNC(CN)c1ccc(OC(F)F)cc1. The van der Waals surface area contributed by atoms with Gasteiger partial charge in [0, 0.05) is 25.7 Å². The van der Waals surface area contributed by atoms with Gasteiger partial charge in [0.2, 0.25) is 0 Å². The largest absolute Gasteiger partial charge is 0.435 e. The number of hydrogen-bond acceptors (Lipinski definition) is 4. The van der Waals surface area contributed by atoms with Crippen molar-refractivity contribution in [2.24, 2.45) is 5.73 Å². The van der Waals surface area contributed by atoms with Crippen molar-refractivity contribution in [2.75, 3.05) is 32.7 Å². The first-order valence-electron chi connectivity index (χ1n) is 7.31. The molecule has 1 rings (SSSR count). The summed E-state index contributed by atoms with van der Waals surface area (Å²) in [5.41, 5.74) is 6.75. The number of likely N-dealkylation sites (N-methyl/N-ethyl adjacent to an activating group) is 1. The number of ether oxygens (including phenoxy) is 1. The van der Waals surface area contributed by atoms with E-state index in [0.29, 0.717) is 6.54 Å². The van der Waals surface area contributed by atoms with Gasteiger partial charge in [-0.05, 0) is 30.8 Å². The van der Waals surface area contributed by atoms with Crippen LogP contribution >= 0.6 is 0 Å². The minimum absolute atomic E-state index is 0.0150. The third kappa shape index (κ3) is 6.37. The summed E-state index contributed by atoms with van der Waals surface area (Å²) < 4.78 is 28.5. The molecule has 1 unspecified atom stereocenters. The second kappa shape index (κ2) is 9.65. The van der Waals surface area contributed by atoms with Crippen LogP contribution < -0.4 is 15.8 Å². The number of benzene rings is 1. The molecule has 0 saturated heterocycles. The standard InChI is InChI=1S/C15H25F2N3O/c1-3-20(4-2)10-9-19-14(11-18)12-5-7-13(8-6-12)21-15(16)17/h5-8,14-15,19H,3-4,9-11,18H2,1-2H3. The highest BCUT2D eigenvalue weighted by molar-refractivity contribution is 5.29. The van der Waals surface area contributed by atoms with E-state index < -0.39 is 6.61 Å². The molecule has 0 amide bonds. The van der Waals surface area contributed by atoms with Crippen molar-refractivity contribution in [1.29, 1.82) is 0 Å². The smallest absolute Gasteiger partial charge is 0.387 e. The maximum atomic E-state index is 12.1. The van der Waals surface area contributed by atoms with Crippen molar-refractivity contribution >= 4 is 0 Å². The summed E-state index contributed by atoms with van der Waals surface area (Å²) in [5, 5.41) is 3.39.